The summed E-state index contributed by atoms with van der Waals surface area (Å²) in [6.45, 7) is 0.305. The van der Waals surface area contributed by atoms with Crippen molar-refractivity contribution in [3.8, 4) is 5.75 Å². The number of methoxy groups -OCH3 is 1. The summed E-state index contributed by atoms with van der Waals surface area (Å²) in [5.74, 6) is -1.66. The quantitative estimate of drug-likeness (QED) is 0.860. The van der Waals surface area contributed by atoms with Crippen molar-refractivity contribution >= 4 is 27.8 Å². The molecule has 1 aromatic rings. The number of carboxylic acids is 1. The van der Waals surface area contributed by atoms with Crippen LogP contribution in [0.1, 0.15) is 10.4 Å². The summed E-state index contributed by atoms with van der Waals surface area (Å²) in [5, 5.41) is 11.7. The smallest absolute Gasteiger partial charge is 0.311 e. The van der Waals surface area contributed by atoms with E-state index >= 15 is 0 Å². The van der Waals surface area contributed by atoms with Crippen molar-refractivity contribution in [1.29, 1.82) is 0 Å². The van der Waals surface area contributed by atoms with Gasteiger partial charge in [-0.05, 0) is 18.2 Å². The van der Waals surface area contributed by atoms with Crippen LogP contribution in [0.4, 0.5) is 0 Å². The molecule has 20 heavy (non-hydrogen) atoms. The van der Waals surface area contributed by atoms with Gasteiger partial charge in [0, 0.05) is 4.47 Å². The zero-order valence-corrected chi connectivity index (χ0v) is 12.3. The standard InChI is InChI=1S/C13H14BrNO5/c1-19-11-4-7(14)2-3-8(11)12(16)15-10-6-20-5-9(10)13(17)18/h2-4,9-10H,5-6H2,1H3,(H,15,16)(H,17,18). The molecule has 1 aliphatic rings. The van der Waals surface area contributed by atoms with E-state index in [-0.39, 0.29) is 19.1 Å². The van der Waals surface area contributed by atoms with E-state index in [1.807, 2.05) is 0 Å². The molecule has 2 rings (SSSR count). The van der Waals surface area contributed by atoms with Gasteiger partial charge in [0.25, 0.3) is 5.91 Å². The van der Waals surface area contributed by atoms with Crippen LogP contribution >= 0.6 is 15.9 Å². The molecule has 1 fully saturated rings. The molecule has 7 heteroatoms. The average Bonchev–Trinajstić information content (AvgIpc) is 2.86. The summed E-state index contributed by atoms with van der Waals surface area (Å²) >= 11 is 3.29. The Bertz CT molecular complexity index is 533. The summed E-state index contributed by atoms with van der Waals surface area (Å²) < 4.78 is 11.0. The lowest BCUT2D eigenvalue weighted by Crippen LogP contribution is -2.42. The van der Waals surface area contributed by atoms with Gasteiger partial charge >= 0.3 is 5.97 Å². The van der Waals surface area contributed by atoms with E-state index < -0.39 is 17.9 Å². The van der Waals surface area contributed by atoms with E-state index in [0.717, 1.165) is 4.47 Å². The first kappa shape index (κ1) is 14.8. The molecule has 0 bridgehead atoms. The number of benzene rings is 1. The van der Waals surface area contributed by atoms with Crippen LogP contribution in [-0.4, -0.2) is 43.3 Å². The SMILES string of the molecule is COc1cc(Br)ccc1C(=O)NC1COCC1C(=O)O. The number of carboxylic acid groups (broad SMARTS) is 1. The fraction of sp³-hybridized carbons (Fsp3) is 0.385. The normalized spacial score (nSPS) is 21.5. The first-order valence-electron chi connectivity index (χ1n) is 5.98. The number of carbonyl (C=O) groups excluding carboxylic acids is 1. The van der Waals surface area contributed by atoms with Gasteiger partial charge in [0.05, 0.1) is 31.9 Å². The van der Waals surface area contributed by atoms with Crippen molar-refractivity contribution in [1.82, 2.24) is 5.32 Å². The Labute approximate surface area is 124 Å². The Kier molecular flexibility index (Phi) is 4.61. The summed E-state index contributed by atoms with van der Waals surface area (Å²) in [5.41, 5.74) is 0.353. The highest BCUT2D eigenvalue weighted by molar-refractivity contribution is 9.10. The molecule has 0 radical (unpaired) electrons. The highest BCUT2D eigenvalue weighted by Crippen LogP contribution is 2.24. The van der Waals surface area contributed by atoms with Gasteiger partial charge in [-0.3, -0.25) is 9.59 Å². The van der Waals surface area contributed by atoms with E-state index in [1.165, 1.54) is 7.11 Å². The lowest BCUT2D eigenvalue weighted by Gasteiger charge is -2.16. The third-order valence-electron chi connectivity index (χ3n) is 3.12. The molecule has 1 heterocycles. The molecule has 1 aromatic carbocycles. The Balaban J connectivity index is 2.14. The van der Waals surface area contributed by atoms with Crippen LogP contribution < -0.4 is 10.1 Å². The maximum absolute atomic E-state index is 12.2. The van der Waals surface area contributed by atoms with Crippen molar-refractivity contribution in [2.45, 2.75) is 6.04 Å². The van der Waals surface area contributed by atoms with Gasteiger partial charge in [-0.2, -0.15) is 0 Å². The van der Waals surface area contributed by atoms with Crippen LogP contribution in [0, 0.1) is 5.92 Å². The molecule has 0 aliphatic carbocycles. The third-order valence-corrected chi connectivity index (χ3v) is 3.62. The fourth-order valence-electron chi connectivity index (χ4n) is 2.04. The zero-order valence-electron chi connectivity index (χ0n) is 10.8. The van der Waals surface area contributed by atoms with Crippen LogP contribution in [0.25, 0.3) is 0 Å². The molecular weight excluding hydrogens is 330 g/mol. The first-order valence-corrected chi connectivity index (χ1v) is 6.77. The van der Waals surface area contributed by atoms with Crippen LogP contribution in [0.5, 0.6) is 5.75 Å². The summed E-state index contributed by atoms with van der Waals surface area (Å²) in [4.78, 5) is 23.2. The average molecular weight is 344 g/mol. The van der Waals surface area contributed by atoms with E-state index in [9.17, 15) is 9.59 Å². The van der Waals surface area contributed by atoms with Crippen LogP contribution in [0.2, 0.25) is 0 Å². The predicted molar refractivity (Wildman–Crippen MR) is 73.9 cm³/mol. The molecular formula is C13H14BrNO5. The lowest BCUT2D eigenvalue weighted by atomic mass is 10.0. The maximum atomic E-state index is 12.2. The highest BCUT2D eigenvalue weighted by atomic mass is 79.9. The number of hydrogen-bond acceptors (Lipinski definition) is 4. The van der Waals surface area contributed by atoms with Gasteiger partial charge in [-0.1, -0.05) is 15.9 Å². The Morgan fingerprint density at radius 1 is 1.45 bits per heavy atom. The minimum atomic E-state index is -0.976. The van der Waals surface area contributed by atoms with Crippen LogP contribution in [0.3, 0.4) is 0 Å². The number of rotatable bonds is 4. The van der Waals surface area contributed by atoms with Crippen LogP contribution in [-0.2, 0) is 9.53 Å². The summed E-state index contributed by atoms with van der Waals surface area (Å²) in [7, 11) is 1.47. The van der Waals surface area contributed by atoms with E-state index in [4.69, 9.17) is 14.6 Å². The monoisotopic (exact) mass is 343 g/mol. The largest absolute Gasteiger partial charge is 0.496 e. The molecule has 2 unspecified atom stereocenters. The molecule has 2 atom stereocenters. The number of halogens is 1. The molecule has 0 spiro atoms. The topological polar surface area (TPSA) is 84.9 Å². The molecule has 1 amide bonds. The fourth-order valence-corrected chi connectivity index (χ4v) is 2.38. The molecule has 1 aliphatic heterocycles. The second-order valence-corrected chi connectivity index (χ2v) is 5.32. The van der Waals surface area contributed by atoms with E-state index in [2.05, 4.69) is 21.2 Å². The third kappa shape index (κ3) is 3.10. The number of nitrogens with one attached hydrogen (secondary N) is 1. The molecule has 6 nitrogen and oxygen atoms in total. The molecule has 2 N–H and O–H groups in total. The van der Waals surface area contributed by atoms with Crippen molar-refractivity contribution in [2.75, 3.05) is 20.3 Å². The van der Waals surface area contributed by atoms with Gasteiger partial charge in [0.15, 0.2) is 0 Å². The van der Waals surface area contributed by atoms with Gasteiger partial charge in [0.2, 0.25) is 0 Å². The lowest BCUT2D eigenvalue weighted by molar-refractivity contribution is -0.142. The Hall–Kier alpha value is -1.60. The number of hydrogen-bond donors (Lipinski definition) is 2. The van der Waals surface area contributed by atoms with Gasteiger partial charge < -0.3 is 19.9 Å². The first-order chi connectivity index (χ1) is 9.52. The predicted octanol–water partition coefficient (Wildman–Crippen LogP) is 1.29. The molecule has 1 saturated heterocycles. The van der Waals surface area contributed by atoms with E-state index in [1.54, 1.807) is 18.2 Å². The van der Waals surface area contributed by atoms with Crippen molar-refractivity contribution in [3.05, 3.63) is 28.2 Å². The molecule has 108 valence electrons. The van der Waals surface area contributed by atoms with Gasteiger partial charge in [-0.15, -0.1) is 0 Å². The van der Waals surface area contributed by atoms with Gasteiger partial charge in [0.1, 0.15) is 11.7 Å². The second kappa shape index (κ2) is 6.23. The Morgan fingerprint density at radius 3 is 2.85 bits per heavy atom. The van der Waals surface area contributed by atoms with E-state index in [0.29, 0.717) is 11.3 Å². The summed E-state index contributed by atoms with van der Waals surface area (Å²) in [6, 6.07) is 4.48. The van der Waals surface area contributed by atoms with Crippen LogP contribution in [0.15, 0.2) is 22.7 Å². The second-order valence-electron chi connectivity index (χ2n) is 4.41. The number of aliphatic carboxylic acids is 1. The maximum Gasteiger partial charge on any atom is 0.311 e. The number of ether oxygens (including phenoxy) is 2. The number of carbonyl (C=O) groups is 2. The van der Waals surface area contributed by atoms with Crippen molar-refractivity contribution in [2.24, 2.45) is 5.92 Å². The molecule has 0 aromatic heterocycles. The van der Waals surface area contributed by atoms with Gasteiger partial charge in [-0.25, -0.2) is 0 Å². The Morgan fingerprint density at radius 2 is 2.20 bits per heavy atom. The molecule has 0 saturated carbocycles. The highest BCUT2D eigenvalue weighted by Gasteiger charge is 2.35. The minimum Gasteiger partial charge on any atom is -0.496 e. The summed E-state index contributed by atoms with van der Waals surface area (Å²) in [6.07, 6.45) is 0. The van der Waals surface area contributed by atoms with Crippen molar-refractivity contribution in [3.63, 3.8) is 0 Å². The number of amides is 1. The minimum absolute atomic E-state index is 0.109. The zero-order chi connectivity index (χ0) is 14.7. The van der Waals surface area contributed by atoms with Crippen molar-refractivity contribution < 1.29 is 24.2 Å².